The molecule has 0 aliphatic carbocycles. The zero-order chi connectivity index (χ0) is 19.6. The average molecular weight is 376 g/mol. The van der Waals surface area contributed by atoms with Crippen molar-refractivity contribution >= 4 is 35.5 Å². The standard InChI is InChI=1S/C16H24N8O3/c1-22(2)8-17-14-10-6-19-24(13-5-11(26)12(7-25)27-13)15(10)21-16(20-14)18-9-23(3)4/h6,8-9,11-13,25-26H,5,7H2,1-4H3/b17-8-,18-9+. The molecule has 2 aromatic heterocycles. The van der Waals surface area contributed by atoms with Crippen LogP contribution < -0.4 is 0 Å². The molecule has 27 heavy (non-hydrogen) atoms. The van der Waals surface area contributed by atoms with Gasteiger partial charge in [0, 0.05) is 34.6 Å². The fraction of sp³-hybridized carbons (Fsp3) is 0.562. The van der Waals surface area contributed by atoms with Crippen LogP contribution in [0.1, 0.15) is 12.6 Å². The Balaban J connectivity index is 2.06. The van der Waals surface area contributed by atoms with Gasteiger partial charge in [0.25, 0.3) is 5.95 Å². The molecule has 3 rings (SSSR count). The molecule has 3 heterocycles. The third-order valence-electron chi connectivity index (χ3n) is 3.89. The van der Waals surface area contributed by atoms with E-state index in [2.05, 4.69) is 25.1 Å². The van der Waals surface area contributed by atoms with Gasteiger partial charge < -0.3 is 24.7 Å². The predicted molar refractivity (Wildman–Crippen MR) is 101 cm³/mol. The maximum atomic E-state index is 10.0. The lowest BCUT2D eigenvalue weighted by molar-refractivity contribution is -0.0470. The largest absolute Gasteiger partial charge is 0.394 e. The maximum Gasteiger partial charge on any atom is 0.254 e. The highest BCUT2D eigenvalue weighted by atomic mass is 16.5. The SMILES string of the molecule is CN(C)/C=N\c1nc(/N=C/N(C)C)nc2c1cnn2C1CC(O)C(CO)O1. The minimum Gasteiger partial charge on any atom is -0.394 e. The second-order valence-corrected chi connectivity index (χ2v) is 6.70. The van der Waals surface area contributed by atoms with Gasteiger partial charge in [-0.1, -0.05) is 0 Å². The Morgan fingerprint density at radius 2 is 1.93 bits per heavy atom. The zero-order valence-electron chi connectivity index (χ0n) is 15.8. The highest BCUT2D eigenvalue weighted by Gasteiger charge is 2.36. The van der Waals surface area contributed by atoms with E-state index in [9.17, 15) is 10.2 Å². The summed E-state index contributed by atoms with van der Waals surface area (Å²) in [5, 5.41) is 24.3. The monoisotopic (exact) mass is 376 g/mol. The second kappa shape index (κ2) is 7.94. The van der Waals surface area contributed by atoms with Gasteiger partial charge in [0.15, 0.2) is 17.7 Å². The van der Waals surface area contributed by atoms with Crippen LogP contribution in [0.5, 0.6) is 0 Å². The van der Waals surface area contributed by atoms with Crippen LogP contribution in [0.15, 0.2) is 16.2 Å². The molecule has 146 valence electrons. The normalized spacial score (nSPS) is 23.1. The summed E-state index contributed by atoms with van der Waals surface area (Å²) in [6.07, 6.45) is 3.19. The van der Waals surface area contributed by atoms with Crippen LogP contribution in [0.2, 0.25) is 0 Å². The van der Waals surface area contributed by atoms with Crippen LogP contribution in [0.25, 0.3) is 11.0 Å². The summed E-state index contributed by atoms with van der Waals surface area (Å²) in [6, 6.07) is 0. The third-order valence-corrected chi connectivity index (χ3v) is 3.89. The van der Waals surface area contributed by atoms with Crippen molar-refractivity contribution in [2.24, 2.45) is 9.98 Å². The summed E-state index contributed by atoms with van der Waals surface area (Å²) < 4.78 is 7.27. The molecule has 1 aliphatic rings. The Bertz CT molecular complexity index is 848. The molecule has 2 N–H and O–H groups in total. The molecule has 0 spiro atoms. The molecular weight excluding hydrogens is 352 g/mol. The Hall–Kier alpha value is -2.63. The van der Waals surface area contributed by atoms with Gasteiger partial charge in [0.1, 0.15) is 6.10 Å². The summed E-state index contributed by atoms with van der Waals surface area (Å²) in [5.41, 5.74) is 0.498. The van der Waals surface area contributed by atoms with Crippen molar-refractivity contribution in [3.8, 4) is 0 Å². The van der Waals surface area contributed by atoms with Crippen LogP contribution in [-0.4, -0.2) is 99.4 Å². The zero-order valence-corrected chi connectivity index (χ0v) is 15.8. The number of aliphatic imine (C=N–C) groups is 2. The average Bonchev–Trinajstić information content (AvgIpc) is 3.20. The lowest BCUT2D eigenvalue weighted by atomic mass is 10.2. The van der Waals surface area contributed by atoms with Gasteiger partial charge in [-0.3, -0.25) is 0 Å². The van der Waals surface area contributed by atoms with E-state index in [0.717, 1.165) is 0 Å². The van der Waals surface area contributed by atoms with E-state index in [1.54, 1.807) is 33.4 Å². The Morgan fingerprint density at radius 3 is 2.56 bits per heavy atom. The third kappa shape index (κ3) is 4.21. The number of aliphatic hydroxyl groups excluding tert-OH is 2. The lowest BCUT2D eigenvalue weighted by Gasteiger charge is -2.13. The van der Waals surface area contributed by atoms with Gasteiger partial charge in [0.05, 0.1) is 37.0 Å². The molecule has 2 aromatic rings. The van der Waals surface area contributed by atoms with E-state index >= 15 is 0 Å². The summed E-state index contributed by atoms with van der Waals surface area (Å²) in [4.78, 5) is 21.1. The highest BCUT2D eigenvalue weighted by Crippen LogP contribution is 2.33. The van der Waals surface area contributed by atoms with Crippen molar-refractivity contribution in [1.82, 2.24) is 29.5 Å². The van der Waals surface area contributed by atoms with Crippen LogP contribution in [0, 0.1) is 0 Å². The minimum atomic E-state index is -0.765. The molecular formula is C16H24N8O3. The summed E-state index contributed by atoms with van der Waals surface area (Å²) in [5.74, 6) is 0.671. The van der Waals surface area contributed by atoms with Crippen molar-refractivity contribution in [2.45, 2.75) is 24.9 Å². The molecule has 0 aromatic carbocycles. The first-order chi connectivity index (χ1) is 12.9. The Kier molecular flexibility index (Phi) is 5.63. The van der Waals surface area contributed by atoms with Gasteiger partial charge in [0.2, 0.25) is 0 Å². The molecule has 0 saturated carbocycles. The van der Waals surface area contributed by atoms with E-state index in [0.29, 0.717) is 23.3 Å². The molecule has 1 fully saturated rings. The van der Waals surface area contributed by atoms with Gasteiger partial charge in [-0.25, -0.2) is 14.7 Å². The van der Waals surface area contributed by atoms with Crippen molar-refractivity contribution < 1.29 is 14.9 Å². The number of ether oxygens (including phenoxy) is 1. The molecule has 3 unspecified atom stereocenters. The van der Waals surface area contributed by atoms with Gasteiger partial charge in [-0.05, 0) is 0 Å². The van der Waals surface area contributed by atoms with E-state index in [1.165, 1.54) is 0 Å². The number of nitrogens with zero attached hydrogens (tertiary/aromatic N) is 8. The van der Waals surface area contributed by atoms with Crippen LogP contribution in [0.3, 0.4) is 0 Å². The van der Waals surface area contributed by atoms with E-state index in [-0.39, 0.29) is 12.6 Å². The van der Waals surface area contributed by atoms with E-state index in [4.69, 9.17) is 4.74 Å². The van der Waals surface area contributed by atoms with Crippen LogP contribution in [-0.2, 0) is 4.74 Å². The summed E-state index contributed by atoms with van der Waals surface area (Å²) >= 11 is 0. The number of hydrogen-bond acceptors (Lipinski definition) is 8. The number of aliphatic hydroxyl groups is 2. The lowest BCUT2D eigenvalue weighted by Crippen LogP contribution is -2.24. The summed E-state index contributed by atoms with van der Waals surface area (Å²) in [7, 11) is 7.42. The van der Waals surface area contributed by atoms with Crippen molar-refractivity contribution in [2.75, 3.05) is 34.8 Å². The van der Waals surface area contributed by atoms with Crippen molar-refractivity contribution in [3.05, 3.63) is 6.20 Å². The fourth-order valence-corrected chi connectivity index (χ4v) is 2.63. The van der Waals surface area contributed by atoms with Gasteiger partial charge in [-0.15, -0.1) is 0 Å². The first-order valence-corrected chi connectivity index (χ1v) is 8.50. The number of aromatic nitrogens is 4. The molecule has 3 atom stereocenters. The second-order valence-electron chi connectivity index (χ2n) is 6.70. The van der Waals surface area contributed by atoms with Crippen molar-refractivity contribution in [3.63, 3.8) is 0 Å². The number of fused-ring (bicyclic) bond motifs is 1. The molecule has 1 saturated heterocycles. The maximum absolute atomic E-state index is 10.0. The molecule has 0 radical (unpaired) electrons. The molecule has 0 amide bonds. The Morgan fingerprint density at radius 1 is 1.22 bits per heavy atom. The Labute approximate surface area is 156 Å². The van der Waals surface area contributed by atoms with Gasteiger partial charge >= 0.3 is 0 Å². The van der Waals surface area contributed by atoms with Gasteiger partial charge in [-0.2, -0.15) is 15.1 Å². The van der Waals surface area contributed by atoms with E-state index in [1.807, 2.05) is 28.2 Å². The van der Waals surface area contributed by atoms with E-state index < -0.39 is 18.4 Å². The van der Waals surface area contributed by atoms with Crippen LogP contribution in [0.4, 0.5) is 11.8 Å². The summed E-state index contributed by atoms with van der Waals surface area (Å²) in [6.45, 7) is -0.261. The first-order valence-electron chi connectivity index (χ1n) is 8.50. The quantitative estimate of drug-likeness (QED) is 0.529. The number of hydrogen-bond donors (Lipinski definition) is 2. The topological polar surface area (TPSA) is 124 Å². The fourth-order valence-electron chi connectivity index (χ4n) is 2.63. The minimum absolute atomic E-state index is 0.237. The van der Waals surface area contributed by atoms with Crippen LogP contribution >= 0.6 is 0 Å². The molecule has 0 bridgehead atoms. The molecule has 1 aliphatic heterocycles. The first kappa shape index (κ1) is 19.1. The molecule has 11 heteroatoms. The molecule has 11 nitrogen and oxygen atoms in total. The predicted octanol–water partition coefficient (Wildman–Crippen LogP) is -0.0902. The number of rotatable bonds is 6. The van der Waals surface area contributed by atoms with Crippen molar-refractivity contribution in [1.29, 1.82) is 0 Å². The highest BCUT2D eigenvalue weighted by molar-refractivity contribution is 5.87. The smallest absolute Gasteiger partial charge is 0.254 e.